The second kappa shape index (κ2) is 18.3. The zero-order valence-electron chi connectivity index (χ0n) is 31.2. The van der Waals surface area contributed by atoms with Crippen LogP contribution >= 0.6 is 0 Å². The largest absolute Gasteiger partial charge is 0.493 e. The second-order valence-corrected chi connectivity index (χ2v) is 20.5. The van der Waals surface area contributed by atoms with Crippen molar-refractivity contribution in [2.24, 2.45) is 23.7 Å². The van der Waals surface area contributed by atoms with Crippen LogP contribution in [0.25, 0.3) is 0 Å². The summed E-state index contributed by atoms with van der Waals surface area (Å²) in [6, 6.07) is 5.54. The van der Waals surface area contributed by atoms with Gasteiger partial charge >= 0.3 is 12.1 Å². The smallest absolute Gasteiger partial charge is 0.407 e. The number of nitrogens with one attached hydrogen (secondary N) is 1. The molecule has 0 saturated carbocycles. The lowest BCUT2D eigenvalue weighted by Gasteiger charge is -2.43. The summed E-state index contributed by atoms with van der Waals surface area (Å²) in [6.07, 6.45) is 1.30. The van der Waals surface area contributed by atoms with Gasteiger partial charge in [0.2, 0.25) is 0 Å². The van der Waals surface area contributed by atoms with Gasteiger partial charge in [0.15, 0.2) is 19.8 Å². The Hall–Kier alpha value is -2.30. The molecule has 0 aliphatic heterocycles. The number of carboxylic acid groups (broad SMARTS) is 1. The van der Waals surface area contributed by atoms with Gasteiger partial charge in [0.05, 0.1) is 31.8 Å². The minimum atomic E-state index is -2.38. The summed E-state index contributed by atoms with van der Waals surface area (Å²) < 4.78 is 29.5. The van der Waals surface area contributed by atoms with Crippen LogP contribution in [0.3, 0.4) is 0 Å². The van der Waals surface area contributed by atoms with Crippen molar-refractivity contribution in [3.05, 3.63) is 23.8 Å². The van der Waals surface area contributed by atoms with Crippen LogP contribution in [0.5, 0.6) is 11.5 Å². The van der Waals surface area contributed by atoms with Gasteiger partial charge in [-0.05, 0) is 93.6 Å². The summed E-state index contributed by atoms with van der Waals surface area (Å²) in [5.41, 5.74) is 0.399. The Morgan fingerprint density at radius 3 is 2.02 bits per heavy atom. The molecule has 10 heteroatoms. The molecule has 0 bridgehead atoms. The van der Waals surface area contributed by atoms with E-state index >= 15 is 0 Å². The van der Waals surface area contributed by atoms with Crippen LogP contribution in [0.4, 0.5) is 4.79 Å². The summed E-state index contributed by atoms with van der Waals surface area (Å²) in [5, 5.41) is 13.3. The van der Waals surface area contributed by atoms with Crippen LogP contribution in [0.15, 0.2) is 18.2 Å². The van der Waals surface area contributed by atoms with E-state index in [1.54, 1.807) is 14.2 Å². The molecule has 1 amide bonds. The van der Waals surface area contributed by atoms with Crippen LogP contribution in [-0.2, 0) is 25.1 Å². The number of carboxylic acids is 1. The predicted molar refractivity (Wildman–Crippen MR) is 187 cm³/mol. The quantitative estimate of drug-likeness (QED) is 0.112. The number of benzene rings is 1. The number of methoxy groups -OCH3 is 2. The van der Waals surface area contributed by atoms with E-state index in [-0.39, 0.29) is 29.2 Å². The van der Waals surface area contributed by atoms with Gasteiger partial charge in [-0.3, -0.25) is 4.79 Å². The minimum absolute atomic E-state index is 0.104. The van der Waals surface area contributed by atoms with Crippen molar-refractivity contribution in [1.29, 1.82) is 0 Å². The summed E-state index contributed by atoms with van der Waals surface area (Å²) in [4.78, 5) is 25.8. The maximum absolute atomic E-state index is 13.3. The maximum atomic E-state index is 13.3. The van der Waals surface area contributed by atoms with Crippen molar-refractivity contribution in [2.75, 3.05) is 27.4 Å². The Bertz CT molecular complexity index is 1080. The lowest BCUT2D eigenvalue weighted by Crippen LogP contribution is -2.54. The fourth-order valence-electron chi connectivity index (χ4n) is 5.09. The average Bonchev–Trinajstić information content (AvgIpc) is 2.90. The van der Waals surface area contributed by atoms with E-state index in [0.29, 0.717) is 31.1 Å². The summed E-state index contributed by atoms with van der Waals surface area (Å²) >= 11 is 0. The number of aliphatic carboxylic acids is 1. The van der Waals surface area contributed by atoms with Gasteiger partial charge in [-0.25, -0.2) is 4.79 Å². The molecular weight excluding hydrogens is 602 g/mol. The molecule has 1 unspecified atom stereocenters. The van der Waals surface area contributed by atoms with Crippen molar-refractivity contribution in [3.8, 4) is 11.5 Å². The number of hydrogen-bond acceptors (Lipinski definition) is 7. The van der Waals surface area contributed by atoms with Gasteiger partial charge in [-0.2, -0.15) is 0 Å². The molecule has 0 aliphatic rings. The van der Waals surface area contributed by atoms with Crippen LogP contribution in [0, 0.1) is 23.7 Å². The molecule has 1 rings (SSSR count). The topological polar surface area (TPSA) is 113 Å². The van der Waals surface area contributed by atoms with Crippen molar-refractivity contribution >= 4 is 20.4 Å². The molecule has 9 nitrogen and oxygen atoms in total. The lowest BCUT2D eigenvalue weighted by molar-refractivity contribution is -0.144. The van der Waals surface area contributed by atoms with Crippen LogP contribution < -0.4 is 14.8 Å². The second-order valence-electron chi connectivity index (χ2n) is 15.7. The van der Waals surface area contributed by atoms with E-state index in [4.69, 9.17) is 23.4 Å². The Morgan fingerprint density at radius 2 is 1.54 bits per heavy atom. The third-order valence-corrected chi connectivity index (χ3v) is 13.5. The maximum Gasteiger partial charge on any atom is 0.407 e. The summed E-state index contributed by atoms with van der Waals surface area (Å²) in [5.74, 6) is 0.145. The molecule has 0 spiro atoms. The third-order valence-electron chi connectivity index (χ3n) is 8.99. The van der Waals surface area contributed by atoms with E-state index in [2.05, 4.69) is 59.1 Å². The van der Waals surface area contributed by atoms with E-state index < -0.39 is 44.0 Å². The molecule has 2 N–H and O–H groups in total. The van der Waals surface area contributed by atoms with E-state index in [1.165, 1.54) is 0 Å². The van der Waals surface area contributed by atoms with Crippen molar-refractivity contribution in [3.63, 3.8) is 0 Å². The lowest BCUT2D eigenvalue weighted by atomic mass is 9.80. The molecule has 0 fully saturated rings. The summed E-state index contributed by atoms with van der Waals surface area (Å²) in [6.45, 7) is 25.7. The van der Waals surface area contributed by atoms with Crippen molar-refractivity contribution < 1.29 is 38.1 Å². The van der Waals surface area contributed by atoms with E-state index in [9.17, 15) is 14.7 Å². The highest BCUT2D eigenvalue weighted by Gasteiger charge is 2.43. The SMILES string of the molecule is COCCCOc1cc(C[C@@H](C[C@H](NC(=O)OC(C)(C)C)[C@H](CC(C(=O)O)C(C)C)O[Si](C)(C)C(C)(C)C)C(C)C)ccc1OC. The van der Waals surface area contributed by atoms with Gasteiger partial charge < -0.3 is 33.8 Å². The average molecular weight is 668 g/mol. The first-order chi connectivity index (χ1) is 21.1. The number of carbonyl (C=O) groups excluding carboxylic acids is 1. The third kappa shape index (κ3) is 14.2. The number of ether oxygens (including phenoxy) is 4. The highest BCUT2D eigenvalue weighted by atomic mass is 28.4. The normalized spacial score (nSPS) is 15.3. The molecule has 0 aromatic heterocycles. The van der Waals surface area contributed by atoms with Crippen molar-refractivity contribution in [1.82, 2.24) is 5.32 Å². The van der Waals surface area contributed by atoms with Crippen molar-refractivity contribution in [2.45, 2.75) is 131 Å². The number of carbonyl (C=O) groups is 2. The summed E-state index contributed by atoms with van der Waals surface area (Å²) in [7, 11) is 0.923. The van der Waals surface area contributed by atoms with Gasteiger partial charge in [-0.15, -0.1) is 0 Å². The first-order valence-corrected chi connectivity index (χ1v) is 19.7. The highest BCUT2D eigenvalue weighted by molar-refractivity contribution is 6.74. The van der Waals surface area contributed by atoms with Crippen LogP contribution in [0.2, 0.25) is 18.1 Å². The van der Waals surface area contributed by atoms with Gasteiger partial charge in [-0.1, -0.05) is 54.5 Å². The van der Waals surface area contributed by atoms with Crippen LogP contribution in [-0.4, -0.2) is 70.7 Å². The molecule has 0 saturated heterocycles. The molecule has 1 aromatic rings. The zero-order valence-corrected chi connectivity index (χ0v) is 32.2. The monoisotopic (exact) mass is 667 g/mol. The van der Waals surface area contributed by atoms with E-state index in [0.717, 1.165) is 18.4 Å². The van der Waals surface area contributed by atoms with Gasteiger partial charge in [0.1, 0.15) is 5.60 Å². The Balaban J connectivity index is 3.59. The predicted octanol–water partition coefficient (Wildman–Crippen LogP) is 8.35. The minimum Gasteiger partial charge on any atom is -0.493 e. The van der Waals surface area contributed by atoms with Crippen LogP contribution in [0.1, 0.15) is 94.1 Å². The van der Waals surface area contributed by atoms with E-state index in [1.807, 2.05) is 46.8 Å². The first kappa shape index (κ1) is 41.7. The molecular formula is C36H65NO8Si. The molecule has 0 aliphatic carbocycles. The molecule has 4 atom stereocenters. The number of rotatable bonds is 19. The Labute approximate surface area is 280 Å². The standard InChI is InChI=1S/C36H65NO8Si/c1-24(2)27(20-26-16-17-30(42-12)32(21-26)43-19-15-18-41-11)22-29(37-34(40)44-35(5,6)7)31(23-28(25(3)4)33(38)39)45-46(13,14)36(8,9)10/h16-17,21,24-25,27-29,31H,15,18-20,22-23H2,1-14H3,(H,37,40)(H,38,39)/t27-,28?,29-,31-/m0/s1. The number of amides is 1. The number of hydrogen-bond donors (Lipinski definition) is 2. The Morgan fingerprint density at radius 1 is 0.913 bits per heavy atom. The highest BCUT2D eigenvalue weighted by Crippen LogP contribution is 2.40. The van der Waals surface area contributed by atoms with Gasteiger partial charge in [0, 0.05) is 20.1 Å². The molecule has 266 valence electrons. The zero-order chi connectivity index (χ0) is 35.5. The first-order valence-electron chi connectivity index (χ1n) is 16.8. The Kier molecular flexibility index (Phi) is 16.6. The fourth-order valence-corrected chi connectivity index (χ4v) is 6.46. The fraction of sp³-hybridized carbons (Fsp3) is 0.778. The molecule has 0 heterocycles. The number of alkyl carbamates (subject to hydrolysis) is 1. The molecule has 1 aromatic carbocycles. The molecule has 0 radical (unpaired) electrons. The molecule has 46 heavy (non-hydrogen) atoms. The van der Waals surface area contributed by atoms with Gasteiger partial charge in [0.25, 0.3) is 0 Å².